The number of rotatable bonds is 7. The van der Waals surface area contributed by atoms with Crippen LogP contribution in [0.1, 0.15) is 54.7 Å². The van der Waals surface area contributed by atoms with E-state index >= 15 is 0 Å². The summed E-state index contributed by atoms with van der Waals surface area (Å²) in [7, 11) is 0. The normalized spacial score (nSPS) is 15.7. The molecule has 1 aliphatic heterocycles. The fourth-order valence-electron chi connectivity index (χ4n) is 5.34. The molecule has 2 aromatic carbocycles. The zero-order chi connectivity index (χ0) is 24.2. The Morgan fingerprint density at radius 3 is 2.51 bits per heavy atom. The summed E-state index contributed by atoms with van der Waals surface area (Å²) in [6, 6.07) is 18.0. The Kier molecular flexibility index (Phi) is 6.84. The Morgan fingerprint density at radius 1 is 0.971 bits per heavy atom. The van der Waals surface area contributed by atoms with E-state index in [1.165, 1.54) is 33.7 Å². The standard InChI is InChI=1S/C28H32N4O3/c33-26(31-16-13-22(14-17-31)20-6-2-1-3-7-20)10-5-15-32-27(34)19-25(30-28(32)35)29-24-12-11-21-8-4-9-23(21)18-24/h1-3,6-7,11-12,18-19,22,29H,4-5,8-10,13-17H2,(H,30,35). The molecule has 0 spiro atoms. The first-order chi connectivity index (χ1) is 17.1. The number of amides is 1. The summed E-state index contributed by atoms with van der Waals surface area (Å²) in [6.45, 7) is 1.73. The number of fused-ring (bicyclic) bond motifs is 1. The summed E-state index contributed by atoms with van der Waals surface area (Å²) in [5, 5.41) is 3.15. The van der Waals surface area contributed by atoms with Gasteiger partial charge in [0, 0.05) is 37.8 Å². The number of hydrogen-bond donors (Lipinski definition) is 2. The van der Waals surface area contributed by atoms with Gasteiger partial charge in [0.25, 0.3) is 5.56 Å². The maximum absolute atomic E-state index is 12.7. The minimum absolute atomic E-state index is 0.0934. The monoisotopic (exact) mass is 472 g/mol. The largest absolute Gasteiger partial charge is 0.343 e. The van der Waals surface area contributed by atoms with E-state index in [0.717, 1.165) is 44.5 Å². The van der Waals surface area contributed by atoms with E-state index in [-0.39, 0.29) is 18.0 Å². The van der Waals surface area contributed by atoms with Crippen molar-refractivity contribution in [3.05, 3.63) is 92.1 Å². The van der Waals surface area contributed by atoms with Crippen molar-refractivity contribution < 1.29 is 4.79 Å². The van der Waals surface area contributed by atoms with Gasteiger partial charge in [-0.25, -0.2) is 4.79 Å². The molecule has 7 nitrogen and oxygen atoms in total. The number of carbonyl (C=O) groups is 1. The number of hydrogen-bond acceptors (Lipinski definition) is 4. The van der Waals surface area contributed by atoms with Crippen molar-refractivity contribution in [2.75, 3.05) is 18.4 Å². The molecular weight excluding hydrogens is 440 g/mol. The van der Waals surface area contributed by atoms with Gasteiger partial charge < -0.3 is 10.2 Å². The van der Waals surface area contributed by atoms with Crippen molar-refractivity contribution in [1.82, 2.24) is 14.5 Å². The highest BCUT2D eigenvalue weighted by atomic mass is 16.2. The first-order valence-electron chi connectivity index (χ1n) is 12.6. The highest BCUT2D eigenvalue weighted by Gasteiger charge is 2.23. The molecule has 35 heavy (non-hydrogen) atoms. The number of anilines is 2. The third-order valence-corrected chi connectivity index (χ3v) is 7.29. The van der Waals surface area contributed by atoms with E-state index in [2.05, 4.69) is 46.7 Å². The molecule has 182 valence electrons. The fraction of sp³-hybridized carbons (Fsp3) is 0.393. The second-order valence-corrected chi connectivity index (χ2v) is 9.61. The lowest BCUT2D eigenvalue weighted by Crippen LogP contribution is -2.38. The third kappa shape index (κ3) is 5.39. The highest BCUT2D eigenvalue weighted by molar-refractivity contribution is 5.76. The maximum atomic E-state index is 12.7. The summed E-state index contributed by atoms with van der Waals surface area (Å²) in [5.41, 5.74) is 4.06. The summed E-state index contributed by atoms with van der Waals surface area (Å²) in [4.78, 5) is 42.5. The maximum Gasteiger partial charge on any atom is 0.329 e. The summed E-state index contributed by atoms with van der Waals surface area (Å²) in [6.07, 6.45) is 6.06. The average Bonchev–Trinajstić information content (AvgIpc) is 3.34. The van der Waals surface area contributed by atoms with Crippen LogP contribution in [0.4, 0.5) is 11.5 Å². The molecule has 1 aliphatic carbocycles. The molecule has 2 heterocycles. The second-order valence-electron chi connectivity index (χ2n) is 9.61. The van der Waals surface area contributed by atoms with Crippen LogP contribution in [0.25, 0.3) is 0 Å². The second kappa shape index (κ2) is 10.3. The number of carbonyl (C=O) groups excluding carboxylic acids is 1. The van der Waals surface area contributed by atoms with Crippen LogP contribution >= 0.6 is 0 Å². The smallest absolute Gasteiger partial charge is 0.329 e. The van der Waals surface area contributed by atoms with Gasteiger partial charge in [-0.3, -0.25) is 19.1 Å². The van der Waals surface area contributed by atoms with Crippen molar-refractivity contribution in [1.29, 1.82) is 0 Å². The van der Waals surface area contributed by atoms with E-state index in [4.69, 9.17) is 0 Å². The number of aromatic nitrogens is 2. The SMILES string of the molecule is O=C(CCCn1c(=O)cc(Nc2ccc3c(c2)CCC3)[nH]c1=O)N1CCC(c2ccccc2)CC1. The number of nitrogens with zero attached hydrogens (tertiary/aromatic N) is 2. The van der Waals surface area contributed by atoms with Gasteiger partial charge in [-0.05, 0) is 73.3 Å². The van der Waals surface area contributed by atoms with Gasteiger partial charge in [-0.2, -0.15) is 0 Å². The van der Waals surface area contributed by atoms with Crippen molar-refractivity contribution >= 4 is 17.4 Å². The molecule has 1 fully saturated rings. The number of H-pyrrole nitrogens is 1. The molecule has 0 bridgehead atoms. The molecular formula is C28H32N4O3. The van der Waals surface area contributed by atoms with Crippen LogP contribution in [0.3, 0.4) is 0 Å². The Labute approximate surface area is 204 Å². The first-order valence-corrected chi connectivity index (χ1v) is 12.6. The molecule has 3 aromatic rings. The van der Waals surface area contributed by atoms with Crippen molar-refractivity contribution in [2.45, 2.75) is 57.4 Å². The number of benzene rings is 2. The van der Waals surface area contributed by atoms with Crippen LogP contribution < -0.4 is 16.6 Å². The lowest BCUT2D eigenvalue weighted by Gasteiger charge is -2.32. The minimum atomic E-state index is -0.461. The predicted octanol–water partition coefficient (Wildman–Crippen LogP) is 3.96. The van der Waals surface area contributed by atoms with Crippen LogP contribution in [0.15, 0.2) is 64.2 Å². The van der Waals surface area contributed by atoms with Crippen LogP contribution in [-0.4, -0.2) is 33.4 Å². The molecule has 1 amide bonds. The number of aryl methyl sites for hydroxylation is 2. The highest BCUT2D eigenvalue weighted by Crippen LogP contribution is 2.28. The van der Waals surface area contributed by atoms with Gasteiger partial charge in [0.1, 0.15) is 5.82 Å². The van der Waals surface area contributed by atoms with Crippen LogP contribution in [0.2, 0.25) is 0 Å². The van der Waals surface area contributed by atoms with Gasteiger partial charge in [-0.1, -0.05) is 36.4 Å². The summed E-state index contributed by atoms with van der Waals surface area (Å²) in [5.74, 6) is 0.976. The van der Waals surface area contributed by atoms with E-state index in [9.17, 15) is 14.4 Å². The van der Waals surface area contributed by atoms with E-state index in [1.54, 1.807) is 0 Å². The lowest BCUT2D eigenvalue weighted by molar-refractivity contribution is -0.132. The van der Waals surface area contributed by atoms with E-state index < -0.39 is 5.69 Å². The van der Waals surface area contributed by atoms with E-state index in [1.807, 2.05) is 17.0 Å². The average molecular weight is 473 g/mol. The van der Waals surface area contributed by atoms with Crippen LogP contribution in [-0.2, 0) is 24.2 Å². The summed E-state index contributed by atoms with van der Waals surface area (Å²) < 4.78 is 1.17. The number of nitrogens with one attached hydrogen (secondary N) is 2. The fourth-order valence-corrected chi connectivity index (χ4v) is 5.34. The Hall–Kier alpha value is -3.61. The van der Waals surface area contributed by atoms with Crippen LogP contribution in [0.5, 0.6) is 0 Å². The number of aromatic amines is 1. The lowest BCUT2D eigenvalue weighted by atomic mass is 9.89. The van der Waals surface area contributed by atoms with Crippen molar-refractivity contribution in [3.63, 3.8) is 0 Å². The molecule has 1 saturated heterocycles. The quantitative estimate of drug-likeness (QED) is 0.545. The first kappa shape index (κ1) is 23.1. The summed E-state index contributed by atoms with van der Waals surface area (Å²) >= 11 is 0. The number of piperidine rings is 1. The Bertz CT molecular complexity index is 1270. The van der Waals surface area contributed by atoms with Gasteiger partial charge in [-0.15, -0.1) is 0 Å². The Morgan fingerprint density at radius 2 is 1.74 bits per heavy atom. The third-order valence-electron chi connectivity index (χ3n) is 7.29. The molecule has 0 radical (unpaired) electrons. The van der Waals surface area contributed by atoms with Gasteiger partial charge in [0.05, 0.1) is 0 Å². The topological polar surface area (TPSA) is 87.2 Å². The van der Waals surface area contributed by atoms with Crippen molar-refractivity contribution in [3.8, 4) is 0 Å². The predicted molar refractivity (Wildman–Crippen MR) is 137 cm³/mol. The molecule has 0 atom stereocenters. The van der Waals surface area contributed by atoms with E-state index in [0.29, 0.717) is 24.6 Å². The van der Waals surface area contributed by atoms with Gasteiger partial charge >= 0.3 is 5.69 Å². The Balaban J connectivity index is 1.13. The number of likely N-dealkylation sites (tertiary alicyclic amines) is 1. The molecule has 5 rings (SSSR count). The van der Waals surface area contributed by atoms with Gasteiger partial charge in [0.2, 0.25) is 5.91 Å². The molecule has 2 aliphatic rings. The van der Waals surface area contributed by atoms with Crippen molar-refractivity contribution in [2.24, 2.45) is 0 Å². The zero-order valence-electron chi connectivity index (χ0n) is 20.0. The molecule has 7 heteroatoms. The zero-order valence-corrected chi connectivity index (χ0v) is 20.0. The van der Waals surface area contributed by atoms with Crippen LogP contribution in [0, 0.1) is 0 Å². The van der Waals surface area contributed by atoms with Gasteiger partial charge in [0.15, 0.2) is 0 Å². The molecule has 1 aromatic heterocycles. The molecule has 0 saturated carbocycles. The molecule has 0 unspecified atom stereocenters. The molecule has 2 N–H and O–H groups in total. The minimum Gasteiger partial charge on any atom is -0.343 e.